The standard InChI is InChI=1S/C13H13BrFNO4S/c1-16(6-9-2-3-20-8-9)21(18,19)12-5-11(14)4-10(7-17)13(12)15/h2-5,8,17H,6-7H2,1H3. The van der Waals surface area contributed by atoms with Crippen molar-refractivity contribution in [2.75, 3.05) is 7.05 Å². The minimum Gasteiger partial charge on any atom is -0.472 e. The van der Waals surface area contributed by atoms with Gasteiger partial charge >= 0.3 is 0 Å². The SMILES string of the molecule is CN(Cc1ccoc1)S(=O)(=O)c1cc(Br)cc(CO)c1F. The number of hydrogen-bond donors (Lipinski definition) is 1. The Balaban J connectivity index is 2.41. The number of benzene rings is 1. The molecule has 2 aromatic rings. The van der Waals surface area contributed by atoms with E-state index in [4.69, 9.17) is 9.52 Å². The maximum Gasteiger partial charge on any atom is 0.246 e. The van der Waals surface area contributed by atoms with E-state index in [9.17, 15) is 12.8 Å². The van der Waals surface area contributed by atoms with Crippen LogP contribution in [-0.2, 0) is 23.2 Å². The molecule has 21 heavy (non-hydrogen) atoms. The Morgan fingerprint density at radius 3 is 2.71 bits per heavy atom. The third-order valence-corrected chi connectivity index (χ3v) is 5.18. The monoisotopic (exact) mass is 377 g/mol. The lowest BCUT2D eigenvalue weighted by Gasteiger charge is -2.18. The molecule has 0 spiro atoms. The Morgan fingerprint density at radius 1 is 1.43 bits per heavy atom. The minimum absolute atomic E-state index is 0.0548. The summed E-state index contributed by atoms with van der Waals surface area (Å²) in [5, 5.41) is 9.10. The molecule has 0 aliphatic heterocycles. The molecule has 0 bridgehead atoms. The lowest BCUT2D eigenvalue weighted by atomic mass is 10.2. The van der Waals surface area contributed by atoms with E-state index in [0.29, 0.717) is 10.0 Å². The van der Waals surface area contributed by atoms with Crippen molar-refractivity contribution in [2.24, 2.45) is 0 Å². The van der Waals surface area contributed by atoms with E-state index in [0.717, 1.165) is 4.31 Å². The van der Waals surface area contributed by atoms with Crippen LogP contribution in [-0.4, -0.2) is 24.9 Å². The number of halogens is 2. The first kappa shape index (κ1) is 16.2. The van der Waals surface area contributed by atoms with Crippen LogP contribution in [0.25, 0.3) is 0 Å². The van der Waals surface area contributed by atoms with Gasteiger partial charge in [0.15, 0.2) is 0 Å². The highest BCUT2D eigenvalue weighted by molar-refractivity contribution is 9.10. The Hall–Kier alpha value is -1.22. The molecule has 0 radical (unpaired) electrons. The normalized spacial score (nSPS) is 12.0. The Morgan fingerprint density at radius 2 is 2.14 bits per heavy atom. The Kier molecular flexibility index (Phi) is 4.82. The van der Waals surface area contributed by atoms with Crippen molar-refractivity contribution in [1.29, 1.82) is 0 Å². The molecule has 114 valence electrons. The molecule has 1 N–H and O–H groups in total. The smallest absolute Gasteiger partial charge is 0.246 e. The highest BCUT2D eigenvalue weighted by Crippen LogP contribution is 2.27. The molecule has 0 atom stereocenters. The zero-order chi connectivity index (χ0) is 15.6. The Bertz CT molecular complexity index is 731. The van der Waals surface area contributed by atoms with Gasteiger partial charge in [0.2, 0.25) is 10.0 Å². The first-order valence-corrected chi connectivity index (χ1v) is 8.15. The van der Waals surface area contributed by atoms with Gasteiger partial charge in [-0.25, -0.2) is 12.8 Å². The highest BCUT2D eigenvalue weighted by Gasteiger charge is 2.27. The van der Waals surface area contributed by atoms with Gasteiger partial charge in [-0.05, 0) is 18.2 Å². The molecule has 0 unspecified atom stereocenters. The molecule has 0 amide bonds. The first-order chi connectivity index (χ1) is 9.86. The molecular formula is C13H13BrFNO4S. The lowest BCUT2D eigenvalue weighted by Crippen LogP contribution is -2.27. The van der Waals surface area contributed by atoms with Gasteiger partial charge < -0.3 is 9.52 Å². The number of hydrogen-bond acceptors (Lipinski definition) is 4. The summed E-state index contributed by atoms with van der Waals surface area (Å²) in [4.78, 5) is -0.480. The summed E-state index contributed by atoms with van der Waals surface area (Å²) in [6.07, 6.45) is 2.85. The van der Waals surface area contributed by atoms with Gasteiger partial charge in [-0.2, -0.15) is 4.31 Å². The number of rotatable bonds is 5. The van der Waals surface area contributed by atoms with Crippen LogP contribution in [0.5, 0.6) is 0 Å². The van der Waals surface area contributed by atoms with Crippen molar-refractivity contribution < 1.29 is 22.3 Å². The molecule has 2 rings (SSSR count). The number of aliphatic hydroxyl groups excluding tert-OH is 1. The molecule has 1 aromatic heterocycles. The van der Waals surface area contributed by atoms with E-state index in [1.807, 2.05) is 0 Å². The number of nitrogens with zero attached hydrogens (tertiary/aromatic N) is 1. The van der Waals surface area contributed by atoms with Crippen molar-refractivity contribution in [3.8, 4) is 0 Å². The molecular weight excluding hydrogens is 365 g/mol. The summed E-state index contributed by atoms with van der Waals surface area (Å²) < 4.78 is 45.4. The van der Waals surface area contributed by atoms with Crippen LogP contribution in [0.3, 0.4) is 0 Å². The maximum atomic E-state index is 14.2. The molecule has 0 saturated carbocycles. The van der Waals surface area contributed by atoms with E-state index in [2.05, 4.69) is 15.9 Å². The van der Waals surface area contributed by atoms with E-state index >= 15 is 0 Å². The van der Waals surface area contributed by atoms with Crippen LogP contribution in [0.15, 0.2) is 44.5 Å². The second-order valence-electron chi connectivity index (χ2n) is 4.43. The third-order valence-electron chi connectivity index (χ3n) is 2.92. The van der Waals surface area contributed by atoms with E-state index in [1.165, 1.54) is 31.7 Å². The zero-order valence-electron chi connectivity index (χ0n) is 11.1. The van der Waals surface area contributed by atoms with Gasteiger partial charge in [0.05, 0.1) is 19.1 Å². The molecule has 0 saturated heterocycles. The van der Waals surface area contributed by atoms with Crippen LogP contribution < -0.4 is 0 Å². The molecule has 5 nitrogen and oxygen atoms in total. The van der Waals surface area contributed by atoms with Crippen LogP contribution in [0.2, 0.25) is 0 Å². The summed E-state index contributed by atoms with van der Waals surface area (Å²) in [6, 6.07) is 4.14. The van der Waals surface area contributed by atoms with E-state index in [-0.39, 0.29) is 12.1 Å². The van der Waals surface area contributed by atoms with Gasteiger partial charge in [0.1, 0.15) is 10.7 Å². The van der Waals surface area contributed by atoms with Gasteiger partial charge in [-0.1, -0.05) is 15.9 Å². The van der Waals surface area contributed by atoms with Gasteiger partial charge in [0, 0.05) is 29.2 Å². The average Bonchev–Trinajstić information content (AvgIpc) is 2.93. The predicted octanol–water partition coefficient (Wildman–Crippen LogP) is 2.49. The molecule has 1 aromatic carbocycles. The summed E-state index contributed by atoms with van der Waals surface area (Å²) in [6.45, 7) is -0.529. The quantitative estimate of drug-likeness (QED) is 0.868. The number of sulfonamides is 1. The topological polar surface area (TPSA) is 70.8 Å². The van der Waals surface area contributed by atoms with Crippen molar-refractivity contribution >= 4 is 26.0 Å². The largest absolute Gasteiger partial charge is 0.472 e. The summed E-state index contributed by atoms with van der Waals surface area (Å²) >= 11 is 3.11. The Labute approximate surface area is 130 Å². The predicted molar refractivity (Wildman–Crippen MR) is 77.4 cm³/mol. The third kappa shape index (κ3) is 3.34. The minimum atomic E-state index is -4.03. The fourth-order valence-electron chi connectivity index (χ4n) is 1.81. The van der Waals surface area contributed by atoms with Crippen molar-refractivity contribution in [1.82, 2.24) is 4.31 Å². The average molecular weight is 378 g/mol. The fourth-order valence-corrected chi connectivity index (χ4v) is 3.76. The molecule has 0 aliphatic rings. The molecule has 8 heteroatoms. The van der Waals surface area contributed by atoms with Gasteiger partial charge in [-0.3, -0.25) is 0 Å². The van der Waals surface area contributed by atoms with Crippen molar-refractivity contribution in [3.63, 3.8) is 0 Å². The van der Waals surface area contributed by atoms with Crippen LogP contribution in [0, 0.1) is 5.82 Å². The zero-order valence-corrected chi connectivity index (χ0v) is 13.5. The summed E-state index contributed by atoms with van der Waals surface area (Å²) in [7, 11) is -2.68. The molecule has 1 heterocycles. The van der Waals surface area contributed by atoms with Crippen LogP contribution >= 0.6 is 15.9 Å². The fraction of sp³-hybridized carbons (Fsp3) is 0.231. The van der Waals surface area contributed by atoms with Crippen LogP contribution in [0.4, 0.5) is 4.39 Å². The van der Waals surface area contributed by atoms with E-state index in [1.54, 1.807) is 6.07 Å². The number of aliphatic hydroxyl groups is 1. The first-order valence-electron chi connectivity index (χ1n) is 5.92. The summed E-state index contributed by atoms with van der Waals surface area (Å²) in [5.74, 6) is -0.945. The van der Waals surface area contributed by atoms with Gasteiger partial charge in [-0.15, -0.1) is 0 Å². The molecule has 0 aliphatic carbocycles. The summed E-state index contributed by atoms with van der Waals surface area (Å²) in [5.41, 5.74) is 0.568. The van der Waals surface area contributed by atoms with Crippen molar-refractivity contribution in [2.45, 2.75) is 18.0 Å². The van der Waals surface area contributed by atoms with E-state index < -0.39 is 27.3 Å². The second kappa shape index (κ2) is 6.27. The van der Waals surface area contributed by atoms with Crippen molar-refractivity contribution in [3.05, 3.63) is 52.1 Å². The highest BCUT2D eigenvalue weighted by atomic mass is 79.9. The second-order valence-corrected chi connectivity index (χ2v) is 7.36. The van der Waals surface area contributed by atoms with Gasteiger partial charge in [0.25, 0.3) is 0 Å². The lowest BCUT2D eigenvalue weighted by molar-refractivity contribution is 0.274. The maximum absolute atomic E-state index is 14.2. The number of furan rings is 1. The molecule has 0 fully saturated rings. The van der Waals surface area contributed by atoms with Crippen LogP contribution in [0.1, 0.15) is 11.1 Å².